The monoisotopic (exact) mass is 383 g/mol. The van der Waals surface area contributed by atoms with Gasteiger partial charge in [0, 0.05) is 10.9 Å². The fourth-order valence-corrected chi connectivity index (χ4v) is 4.68. The maximum atomic E-state index is 6.46. The molecule has 1 nitrogen and oxygen atoms in total. The molecular formula is C18H13Cl4N. The smallest absolute Gasteiger partial charge is 0.0655 e. The minimum atomic E-state index is 0.0624. The van der Waals surface area contributed by atoms with E-state index in [2.05, 4.69) is 17.5 Å². The Hall–Kier alpha value is -0.860. The van der Waals surface area contributed by atoms with Gasteiger partial charge in [-0.15, -0.1) is 0 Å². The van der Waals surface area contributed by atoms with Crippen molar-refractivity contribution in [1.82, 2.24) is 0 Å². The average molecular weight is 385 g/mol. The Morgan fingerprint density at radius 3 is 2.61 bits per heavy atom. The van der Waals surface area contributed by atoms with E-state index in [1.54, 1.807) is 12.1 Å². The van der Waals surface area contributed by atoms with Gasteiger partial charge in [-0.25, -0.2) is 0 Å². The van der Waals surface area contributed by atoms with Gasteiger partial charge in [-0.2, -0.15) is 0 Å². The SMILES string of the molecule is Clc1cc(Cl)c2c(c1)[C@@H]1C=CC[C@@H]1[C@@H](c1cccc(Cl)c1Cl)N2. The minimum absolute atomic E-state index is 0.0624. The summed E-state index contributed by atoms with van der Waals surface area (Å²) in [5.74, 6) is 0.649. The standard InChI is InChI=1S/C18H13Cl4N/c19-9-7-13-10-3-1-4-11(10)17(23-18(13)15(21)8-9)12-5-2-6-14(20)16(12)22/h1-3,5-8,10-11,17,23H,4H2/t10-,11+,17+/m1/s1. The summed E-state index contributed by atoms with van der Waals surface area (Å²) in [7, 11) is 0. The van der Waals surface area contributed by atoms with E-state index in [1.807, 2.05) is 18.2 Å². The molecule has 1 heterocycles. The normalized spacial score (nSPS) is 25.0. The van der Waals surface area contributed by atoms with Gasteiger partial charge in [0.15, 0.2) is 0 Å². The van der Waals surface area contributed by atoms with Gasteiger partial charge in [-0.05, 0) is 41.7 Å². The van der Waals surface area contributed by atoms with Crippen molar-refractivity contribution in [3.05, 3.63) is 73.7 Å². The van der Waals surface area contributed by atoms with Gasteiger partial charge in [0.2, 0.25) is 0 Å². The van der Waals surface area contributed by atoms with E-state index in [4.69, 9.17) is 46.4 Å². The van der Waals surface area contributed by atoms with Crippen LogP contribution in [0.4, 0.5) is 5.69 Å². The van der Waals surface area contributed by atoms with Crippen LogP contribution in [-0.2, 0) is 0 Å². The molecule has 1 N–H and O–H groups in total. The predicted octanol–water partition coefficient (Wildman–Crippen LogP) is 7.13. The summed E-state index contributed by atoms with van der Waals surface area (Å²) in [6.45, 7) is 0. The Balaban J connectivity index is 1.86. The fraction of sp³-hybridized carbons (Fsp3) is 0.222. The van der Waals surface area contributed by atoms with Crippen LogP contribution >= 0.6 is 46.4 Å². The predicted molar refractivity (Wildman–Crippen MR) is 99.3 cm³/mol. The largest absolute Gasteiger partial charge is 0.376 e. The van der Waals surface area contributed by atoms with E-state index in [1.165, 1.54) is 0 Å². The van der Waals surface area contributed by atoms with Crippen LogP contribution in [0.2, 0.25) is 20.1 Å². The highest BCUT2D eigenvalue weighted by molar-refractivity contribution is 6.42. The van der Waals surface area contributed by atoms with Crippen molar-refractivity contribution in [2.75, 3.05) is 5.32 Å². The summed E-state index contributed by atoms with van der Waals surface area (Å²) in [4.78, 5) is 0. The van der Waals surface area contributed by atoms with Crippen molar-refractivity contribution >= 4 is 52.1 Å². The first kappa shape index (κ1) is 15.7. The zero-order valence-electron chi connectivity index (χ0n) is 12.0. The van der Waals surface area contributed by atoms with Gasteiger partial charge in [0.1, 0.15) is 0 Å². The van der Waals surface area contributed by atoms with Crippen LogP contribution in [0, 0.1) is 5.92 Å². The Bertz CT molecular complexity index is 815. The van der Waals surface area contributed by atoms with Crippen LogP contribution in [0.15, 0.2) is 42.5 Å². The zero-order valence-corrected chi connectivity index (χ0v) is 15.0. The van der Waals surface area contributed by atoms with Gasteiger partial charge in [-0.3, -0.25) is 0 Å². The summed E-state index contributed by atoms with van der Waals surface area (Å²) >= 11 is 25.3. The molecule has 118 valence electrons. The molecule has 0 radical (unpaired) electrons. The highest BCUT2D eigenvalue weighted by Crippen LogP contribution is 2.53. The van der Waals surface area contributed by atoms with Gasteiger partial charge >= 0.3 is 0 Å². The maximum absolute atomic E-state index is 6.46. The first-order valence-corrected chi connectivity index (χ1v) is 8.93. The summed E-state index contributed by atoms with van der Waals surface area (Å²) in [6.07, 6.45) is 5.43. The minimum Gasteiger partial charge on any atom is -0.376 e. The lowest BCUT2D eigenvalue weighted by Crippen LogP contribution is -2.29. The molecule has 23 heavy (non-hydrogen) atoms. The fourth-order valence-electron chi connectivity index (χ4n) is 3.69. The summed E-state index contributed by atoms with van der Waals surface area (Å²) in [5, 5.41) is 6.04. The second-order valence-corrected chi connectivity index (χ2v) is 7.60. The molecule has 0 bridgehead atoms. The van der Waals surface area contributed by atoms with Gasteiger partial charge in [-0.1, -0.05) is 70.7 Å². The molecule has 2 aromatic rings. The molecule has 0 spiro atoms. The second-order valence-electron chi connectivity index (χ2n) is 5.97. The molecule has 1 aliphatic heterocycles. The summed E-state index contributed by atoms with van der Waals surface area (Å²) in [5.41, 5.74) is 3.09. The molecule has 0 saturated carbocycles. The third kappa shape index (κ3) is 2.55. The van der Waals surface area contributed by atoms with Crippen molar-refractivity contribution in [3.63, 3.8) is 0 Å². The number of allylic oxidation sites excluding steroid dienone is 2. The first-order valence-electron chi connectivity index (χ1n) is 7.42. The molecule has 0 aromatic heterocycles. The summed E-state index contributed by atoms with van der Waals surface area (Å²) < 4.78 is 0. The Morgan fingerprint density at radius 1 is 0.957 bits per heavy atom. The molecule has 1 aliphatic carbocycles. The van der Waals surface area contributed by atoms with Crippen LogP contribution in [0.25, 0.3) is 0 Å². The van der Waals surface area contributed by atoms with E-state index >= 15 is 0 Å². The van der Waals surface area contributed by atoms with Crippen molar-refractivity contribution < 1.29 is 0 Å². The second kappa shape index (κ2) is 5.89. The van der Waals surface area contributed by atoms with Crippen molar-refractivity contribution in [2.24, 2.45) is 5.92 Å². The third-order valence-corrected chi connectivity index (χ3v) is 6.05. The van der Waals surface area contributed by atoms with Crippen molar-refractivity contribution in [2.45, 2.75) is 18.4 Å². The number of anilines is 1. The molecule has 4 rings (SSSR count). The maximum Gasteiger partial charge on any atom is 0.0655 e. The highest BCUT2D eigenvalue weighted by atomic mass is 35.5. The van der Waals surface area contributed by atoms with Crippen molar-refractivity contribution in [1.29, 1.82) is 0 Å². The van der Waals surface area contributed by atoms with E-state index < -0.39 is 0 Å². The topological polar surface area (TPSA) is 12.0 Å². The van der Waals surface area contributed by atoms with Crippen LogP contribution in [-0.4, -0.2) is 0 Å². The quantitative estimate of drug-likeness (QED) is 0.515. The molecule has 2 aromatic carbocycles. The lowest BCUT2D eigenvalue weighted by Gasteiger charge is -2.38. The molecule has 3 atom stereocenters. The van der Waals surface area contributed by atoms with Gasteiger partial charge in [0.25, 0.3) is 0 Å². The molecule has 0 amide bonds. The third-order valence-electron chi connectivity index (χ3n) is 4.70. The van der Waals surface area contributed by atoms with Gasteiger partial charge in [0.05, 0.1) is 26.8 Å². The number of halogens is 4. The summed E-state index contributed by atoms with van der Waals surface area (Å²) in [6, 6.07) is 9.59. The molecule has 2 aliphatic rings. The van der Waals surface area contributed by atoms with E-state index in [9.17, 15) is 0 Å². The van der Waals surface area contributed by atoms with Crippen LogP contribution < -0.4 is 5.32 Å². The van der Waals surface area contributed by atoms with Gasteiger partial charge < -0.3 is 5.32 Å². The van der Waals surface area contributed by atoms with Crippen LogP contribution in [0.1, 0.15) is 29.5 Å². The number of fused-ring (bicyclic) bond motifs is 3. The number of nitrogens with one attached hydrogen (secondary N) is 1. The zero-order chi connectivity index (χ0) is 16.1. The lowest BCUT2D eigenvalue weighted by atomic mass is 9.77. The Morgan fingerprint density at radius 2 is 1.78 bits per heavy atom. The van der Waals surface area contributed by atoms with Crippen molar-refractivity contribution in [3.8, 4) is 0 Å². The first-order chi connectivity index (χ1) is 11.1. The number of hydrogen-bond acceptors (Lipinski definition) is 1. The molecule has 5 heteroatoms. The van der Waals surface area contributed by atoms with E-state index in [-0.39, 0.29) is 12.0 Å². The number of hydrogen-bond donors (Lipinski definition) is 1. The van der Waals surface area contributed by atoms with E-state index in [0.29, 0.717) is 26.0 Å². The molecule has 0 unspecified atom stereocenters. The van der Waals surface area contributed by atoms with E-state index in [0.717, 1.165) is 23.2 Å². The van der Waals surface area contributed by atoms with Crippen LogP contribution in [0.3, 0.4) is 0 Å². The number of benzene rings is 2. The highest BCUT2D eigenvalue weighted by Gasteiger charge is 2.39. The number of rotatable bonds is 1. The average Bonchev–Trinajstić information content (AvgIpc) is 3.00. The molecule has 0 fully saturated rings. The molecule has 0 saturated heterocycles. The molecular weight excluding hydrogens is 372 g/mol. The van der Waals surface area contributed by atoms with Crippen LogP contribution in [0.5, 0.6) is 0 Å². The lowest BCUT2D eigenvalue weighted by molar-refractivity contribution is 0.426. The Labute approximate surface area is 155 Å². The Kier molecular flexibility index (Phi) is 4.01.